The quantitative estimate of drug-likeness (QED) is 0.285. The molecule has 2 fully saturated rings. The van der Waals surface area contributed by atoms with Gasteiger partial charge in [-0.3, -0.25) is 24.1 Å². The summed E-state index contributed by atoms with van der Waals surface area (Å²) < 4.78 is 16.4. The van der Waals surface area contributed by atoms with Crippen LogP contribution in [0.4, 0.5) is 10.5 Å². The monoisotopic (exact) mass is 615 g/mol. The van der Waals surface area contributed by atoms with Crippen molar-refractivity contribution in [2.45, 2.75) is 26.7 Å². The Morgan fingerprint density at radius 1 is 1.00 bits per heavy atom. The molecule has 0 atom stereocenters. The van der Waals surface area contributed by atoms with Crippen molar-refractivity contribution in [2.24, 2.45) is 0 Å². The van der Waals surface area contributed by atoms with E-state index in [-0.39, 0.29) is 40.3 Å². The topological polar surface area (TPSA) is 132 Å². The number of benzene rings is 2. The standard InChI is InChI=1S/C29H30ClN3O8S/c1-3-39-23-13-18(7-10-22(23)41-17-26(35)32-11-5-6-12-32)14-24-27(36)33(29(38)42-24)16-25(34)31-19-8-9-21(30)20(15-19)28(37)40-4-2/h7-10,13-15H,3-6,11-12,16-17H2,1-2H3,(H,31,34)/b24-14-. The van der Waals surface area contributed by atoms with Crippen molar-refractivity contribution in [2.75, 3.05) is 44.8 Å². The number of ether oxygens (including phenoxy) is 3. The van der Waals surface area contributed by atoms with Crippen molar-refractivity contribution < 1.29 is 38.2 Å². The molecule has 2 aromatic carbocycles. The fourth-order valence-electron chi connectivity index (χ4n) is 4.30. The smallest absolute Gasteiger partial charge is 0.339 e. The highest BCUT2D eigenvalue weighted by Crippen LogP contribution is 2.35. The minimum atomic E-state index is -0.641. The second kappa shape index (κ2) is 14.2. The maximum atomic E-state index is 13.0. The summed E-state index contributed by atoms with van der Waals surface area (Å²) in [6.45, 7) is 4.79. The Balaban J connectivity index is 1.41. The van der Waals surface area contributed by atoms with Gasteiger partial charge in [-0.15, -0.1) is 0 Å². The Kier molecular flexibility index (Phi) is 10.5. The first kappa shape index (κ1) is 30.9. The van der Waals surface area contributed by atoms with E-state index in [9.17, 15) is 24.0 Å². The van der Waals surface area contributed by atoms with Crippen LogP contribution in [0.15, 0.2) is 41.3 Å². The molecule has 2 saturated heterocycles. The number of halogens is 1. The molecule has 0 aliphatic carbocycles. The number of anilines is 1. The zero-order valence-electron chi connectivity index (χ0n) is 23.1. The predicted molar refractivity (Wildman–Crippen MR) is 158 cm³/mol. The van der Waals surface area contributed by atoms with Gasteiger partial charge in [0.15, 0.2) is 18.1 Å². The van der Waals surface area contributed by atoms with Crippen LogP contribution in [0.2, 0.25) is 5.02 Å². The highest BCUT2D eigenvalue weighted by molar-refractivity contribution is 8.18. The first-order chi connectivity index (χ1) is 20.2. The van der Waals surface area contributed by atoms with Crippen molar-refractivity contribution in [3.05, 3.63) is 57.5 Å². The number of nitrogens with zero attached hydrogens (tertiary/aromatic N) is 2. The van der Waals surface area contributed by atoms with Crippen molar-refractivity contribution in [3.63, 3.8) is 0 Å². The largest absolute Gasteiger partial charge is 0.490 e. The van der Waals surface area contributed by atoms with E-state index in [4.69, 9.17) is 25.8 Å². The van der Waals surface area contributed by atoms with E-state index in [1.54, 1.807) is 30.0 Å². The van der Waals surface area contributed by atoms with Gasteiger partial charge in [-0.2, -0.15) is 0 Å². The Hall–Kier alpha value is -4.03. The molecule has 42 heavy (non-hydrogen) atoms. The molecule has 0 radical (unpaired) electrons. The highest BCUT2D eigenvalue weighted by atomic mass is 35.5. The molecule has 222 valence electrons. The molecule has 2 aliphatic rings. The molecule has 11 nitrogen and oxygen atoms in total. The molecule has 4 amide bonds. The summed E-state index contributed by atoms with van der Waals surface area (Å²) in [6, 6.07) is 9.26. The van der Waals surface area contributed by atoms with E-state index in [2.05, 4.69) is 5.32 Å². The number of hydrogen-bond donors (Lipinski definition) is 1. The van der Waals surface area contributed by atoms with E-state index in [0.29, 0.717) is 35.4 Å². The van der Waals surface area contributed by atoms with Crippen LogP contribution in [-0.4, -0.2) is 78.2 Å². The first-order valence-electron chi connectivity index (χ1n) is 13.4. The summed E-state index contributed by atoms with van der Waals surface area (Å²) in [4.78, 5) is 65.5. The van der Waals surface area contributed by atoms with Gasteiger partial charge in [0.25, 0.3) is 17.1 Å². The Morgan fingerprint density at radius 2 is 1.76 bits per heavy atom. The summed E-state index contributed by atoms with van der Waals surface area (Å²) in [5.41, 5.74) is 0.897. The van der Waals surface area contributed by atoms with E-state index >= 15 is 0 Å². The number of carbonyl (C=O) groups excluding carboxylic acids is 5. The molecule has 13 heteroatoms. The molecule has 0 unspecified atom stereocenters. The average molecular weight is 616 g/mol. The zero-order valence-corrected chi connectivity index (χ0v) is 24.7. The van der Waals surface area contributed by atoms with Crippen LogP contribution in [0.25, 0.3) is 6.08 Å². The van der Waals surface area contributed by atoms with Gasteiger partial charge < -0.3 is 24.4 Å². The van der Waals surface area contributed by atoms with Gasteiger partial charge in [0, 0.05) is 18.8 Å². The van der Waals surface area contributed by atoms with Gasteiger partial charge in [0.2, 0.25) is 5.91 Å². The van der Waals surface area contributed by atoms with Gasteiger partial charge in [0.05, 0.1) is 28.7 Å². The molecule has 4 rings (SSSR count). The Labute approximate surface area is 252 Å². The second-order valence-corrected chi connectivity index (χ2v) is 10.6. The average Bonchev–Trinajstić information content (AvgIpc) is 3.59. The van der Waals surface area contributed by atoms with E-state index in [1.807, 2.05) is 6.92 Å². The summed E-state index contributed by atoms with van der Waals surface area (Å²) in [6.07, 6.45) is 3.50. The van der Waals surface area contributed by atoms with Crippen LogP contribution in [0.1, 0.15) is 42.6 Å². The fraction of sp³-hybridized carbons (Fsp3) is 0.345. The van der Waals surface area contributed by atoms with Crippen LogP contribution < -0.4 is 14.8 Å². The molecule has 2 heterocycles. The summed E-state index contributed by atoms with van der Waals surface area (Å²) >= 11 is 6.77. The molecular weight excluding hydrogens is 586 g/mol. The van der Waals surface area contributed by atoms with Gasteiger partial charge in [-0.1, -0.05) is 17.7 Å². The lowest BCUT2D eigenvalue weighted by Crippen LogP contribution is -2.36. The van der Waals surface area contributed by atoms with Gasteiger partial charge in [0.1, 0.15) is 6.54 Å². The number of esters is 1. The van der Waals surface area contributed by atoms with Gasteiger partial charge in [-0.25, -0.2) is 4.79 Å². The van der Waals surface area contributed by atoms with Crippen LogP contribution in [0, 0.1) is 0 Å². The first-order valence-corrected chi connectivity index (χ1v) is 14.6. The lowest BCUT2D eigenvalue weighted by atomic mass is 10.2. The SMILES string of the molecule is CCOC(=O)c1cc(NC(=O)CN2C(=O)S/C(=C\c3ccc(OCC(=O)N4CCCC4)c(OCC)c3)C2=O)ccc1Cl. The minimum Gasteiger partial charge on any atom is -0.490 e. The maximum absolute atomic E-state index is 13.0. The van der Waals surface area contributed by atoms with Gasteiger partial charge in [-0.05, 0) is 80.4 Å². The van der Waals surface area contributed by atoms with E-state index in [1.165, 1.54) is 24.3 Å². The minimum absolute atomic E-state index is 0.0754. The number of thioether (sulfide) groups is 1. The number of hydrogen-bond acceptors (Lipinski definition) is 9. The molecule has 0 spiro atoms. The van der Waals surface area contributed by atoms with Crippen molar-refractivity contribution in [1.29, 1.82) is 0 Å². The second-order valence-electron chi connectivity index (χ2n) is 9.25. The molecule has 2 aromatic rings. The summed E-state index contributed by atoms with van der Waals surface area (Å²) in [7, 11) is 0. The molecule has 1 N–H and O–H groups in total. The molecule has 2 aliphatic heterocycles. The summed E-state index contributed by atoms with van der Waals surface area (Å²) in [5, 5.41) is 2.12. The van der Waals surface area contributed by atoms with E-state index in [0.717, 1.165) is 30.8 Å². The number of rotatable bonds is 11. The highest BCUT2D eigenvalue weighted by Gasteiger charge is 2.36. The molecular formula is C29H30ClN3O8S. The van der Waals surface area contributed by atoms with Crippen LogP contribution in [0.3, 0.4) is 0 Å². The summed E-state index contributed by atoms with van der Waals surface area (Å²) in [5.74, 6) is -1.22. The third-order valence-corrected chi connectivity index (χ3v) is 7.53. The molecule has 0 bridgehead atoms. The van der Waals surface area contributed by atoms with Crippen LogP contribution in [-0.2, 0) is 19.1 Å². The number of nitrogens with one attached hydrogen (secondary N) is 1. The Morgan fingerprint density at radius 3 is 2.48 bits per heavy atom. The molecule has 0 saturated carbocycles. The lowest BCUT2D eigenvalue weighted by Gasteiger charge is -2.17. The zero-order chi connectivity index (χ0) is 30.2. The Bertz CT molecular complexity index is 1420. The number of likely N-dealkylation sites (tertiary alicyclic amines) is 1. The third kappa shape index (κ3) is 7.62. The van der Waals surface area contributed by atoms with Gasteiger partial charge >= 0.3 is 5.97 Å². The van der Waals surface area contributed by atoms with E-state index < -0.39 is 29.6 Å². The van der Waals surface area contributed by atoms with Crippen LogP contribution in [0.5, 0.6) is 11.5 Å². The molecule has 0 aromatic heterocycles. The van der Waals surface area contributed by atoms with Crippen LogP contribution >= 0.6 is 23.4 Å². The number of imide groups is 1. The lowest BCUT2D eigenvalue weighted by molar-refractivity contribution is -0.132. The van der Waals surface area contributed by atoms with Crippen molar-refractivity contribution in [3.8, 4) is 11.5 Å². The van der Waals surface area contributed by atoms with Crippen molar-refractivity contribution >= 4 is 64.1 Å². The predicted octanol–water partition coefficient (Wildman–Crippen LogP) is 4.59. The normalized spacial score (nSPS) is 15.7. The number of amides is 4. The number of carbonyl (C=O) groups is 5. The third-order valence-electron chi connectivity index (χ3n) is 6.30. The maximum Gasteiger partial charge on any atom is 0.339 e. The van der Waals surface area contributed by atoms with Crippen molar-refractivity contribution in [1.82, 2.24) is 9.80 Å². The fourth-order valence-corrected chi connectivity index (χ4v) is 5.33.